The molecule has 1 aliphatic rings. The van der Waals surface area contributed by atoms with Crippen molar-refractivity contribution >= 4 is 34.3 Å². The molecule has 2 heterocycles. The number of hydrogen-bond acceptors (Lipinski definition) is 6. The molecule has 1 aliphatic heterocycles. The van der Waals surface area contributed by atoms with Crippen LogP contribution in [0.3, 0.4) is 0 Å². The second-order valence-electron chi connectivity index (χ2n) is 7.47. The predicted octanol–water partition coefficient (Wildman–Crippen LogP) is 1.81. The Bertz CT molecular complexity index is 1280. The Labute approximate surface area is 178 Å². The molecule has 0 atom stereocenters. The lowest BCUT2D eigenvalue weighted by molar-refractivity contribution is -0.142. The highest BCUT2D eigenvalue weighted by Gasteiger charge is 2.25. The molecule has 0 radical (unpaired) electrons. The van der Waals surface area contributed by atoms with Crippen molar-refractivity contribution in [3.63, 3.8) is 0 Å². The van der Waals surface area contributed by atoms with E-state index >= 15 is 0 Å². The van der Waals surface area contributed by atoms with Crippen LogP contribution in [0.25, 0.3) is 10.9 Å². The summed E-state index contributed by atoms with van der Waals surface area (Å²) in [6, 6.07) is 12.0. The van der Waals surface area contributed by atoms with Crippen LogP contribution >= 0.6 is 0 Å². The summed E-state index contributed by atoms with van der Waals surface area (Å²) in [5.41, 5.74) is 2.36. The maximum Gasteiger partial charge on any atom is 0.306 e. The number of anilines is 1. The van der Waals surface area contributed by atoms with E-state index in [9.17, 15) is 19.2 Å². The van der Waals surface area contributed by atoms with Crippen molar-refractivity contribution < 1.29 is 19.1 Å². The number of benzene rings is 2. The van der Waals surface area contributed by atoms with E-state index < -0.39 is 5.97 Å². The third-order valence-electron chi connectivity index (χ3n) is 5.47. The largest absolute Gasteiger partial charge is 0.457 e. The van der Waals surface area contributed by atoms with Gasteiger partial charge in [0.1, 0.15) is 5.82 Å². The van der Waals surface area contributed by atoms with Gasteiger partial charge < -0.3 is 9.64 Å². The number of carbonyl (C=O) groups excluding carboxylic acids is 3. The number of Topliss-reactive ketones (excluding diaryl/α,β-unsaturated/α-hetero) is 1. The molecular weight excluding hydrogens is 398 g/mol. The number of hydrogen-bond donors (Lipinski definition) is 0. The molecule has 2 aromatic carbocycles. The van der Waals surface area contributed by atoms with Crippen LogP contribution in [0.1, 0.15) is 28.2 Å². The molecule has 3 aromatic rings. The summed E-state index contributed by atoms with van der Waals surface area (Å²) >= 11 is 0. The van der Waals surface area contributed by atoms with E-state index in [1.165, 1.54) is 4.57 Å². The number of ketones is 1. The standard InChI is InChI=1S/C23H21N3O5/c1-25-18-8-7-14(11-15(18)12-21(25)28)19(27)13-31-22(29)10-9-20-24-17-6-4-3-5-16(17)23(30)26(20)2/h3-8,11H,9-10,12-13H2,1-2H3. The van der Waals surface area contributed by atoms with Crippen LogP contribution in [0, 0.1) is 0 Å². The second-order valence-corrected chi connectivity index (χ2v) is 7.47. The molecule has 0 fully saturated rings. The molecule has 0 saturated heterocycles. The van der Waals surface area contributed by atoms with Gasteiger partial charge in [0.15, 0.2) is 12.4 Å². The fourth-order valence-electron chi connectivity index (χ4n) is 3.65. The average molecular weight is 419 g/mol. The van der Waals surface area contributed by atoms with Crippen molar-refractivity contribution in [2.75, 3.05) is 18.6 Å². The van der Waals surface area contributed by atoms with Crippen LogP contribution in [-0.4, -0.2) is 40.9 Å². The van der Waals surface area contributed by atoms with Gasteiger partial charge in [-0.25, -0.2) is 4.98 Å². The van der Waals surface area contributed by atoms with Gasteiger partial charge in [0.05, 0.1) is 23.7 Å². The van der Waals surface area contributed by atoms with E-state index in [0.29, 0.717) is 22.3 Å². The normalized spacial score (nSPS) is 12.8. The number of aromatic nitrogens is 2. The van der Waals surface area contributed by atoms with Crippen LogP contribution < -0.4 is 10.5 Å². The molecule has 158 valence electrons. The number of carbonyl (C=O) groups is 3. The Morgan fingerprint density at radius 1 is 1.10 bits per heavy atom. The van der Waals surface area contributed by atoms with Gasteiger partial charge in [-0.05, 0) is 35.9 Å². The van der Waals surface area contributed by atoms with E-state index in [1.54, 1.807) is 61.5 Å². The van der Waals surface area contributed by atoms with E-state index in [4.69, 9.17) is 4.74 Å². The maximum atomic E-state index is 12.4. The maximum absolute atomic E-state index is 12.4. The number of aryl methyl sites for hydroxylation is 1. The number of likely N-dealkylation sites (N-methyl/N-ethyl adjacent to an activating group) is 1. The van der Waals surface area contributed by atoms with Gasteiger partial charge in [0, 0.05) is 31.8 Å². The highest BCUT2D eigenvalue weighted by atomic mass is 16.5. The van der Waals surface area contributed by atoms with Crippen LogP contribution in [0.4, 0.5) is 5.69 Å². The molecule has 0 N–H and O–H groups in total. The molecular formula is C23H21N3O5. The lowest BCUT2D eigenvalue weighted by atomic mass is 10.1. The van der Waals surface area contributed by atoms with Gasteiger partial charge in [-0.15, -0.1) is 0 Å². The molecule has 0 unspecified atom stereocenters. The second kappa shape index (κ2) is 8.14. The number of amides is 1. The monoisotopic (exact) mass is 419 g/mol. The fraction of sp³-hybridized carbons (Fsp3) is 0.261. The van der Waals surface area contributed by atoms with Gasteiger partial charge in [-0.2, -0.15) is 0 Å². The summed E-state index contributed by atoms with van der Waals surface area (Å²) < 4.78 is 6.54. The van der Waals surface area contributed by atoms with E-state index in [1.807, 2.05) is 0 Å². The van der Waals surface area contributed by atoms with Crippen molar-refractivity contribution in [1.29, 1.82) is 0 Å². The minimum Gasteiger partial charge on any atom is -0.457 e. The lowest BCUT2D eigenvalue weighted by Crippen LogP contribution is -2.23. The molecule has 0 bridgehead atoms. The summed E-state index contributed by atoms with van der Waals surface area (Å²) in [6.07, 6.45) is 0.469. The van der Waals surface area contributed by atoms with Crippen LogP contribution in [0.5, 0.6) is 0 Å². The topological polar surface area (TPSA) is 98.6 Å². The van der Waals surface area contributed by atoms with Crippen molar-refractivity contribution in [1.82, 2.24) is 9.55 Å². The average Bonchev–Trinajstić information content (AvgIpc) is 3.06. The molecule has 0 spiro atoms. The zero-order valence-corrected chi connectivity index (χ0v) is 17.3. The number of para-hydroxylation sites is 1. The smallest absolute Gasteiger partial charge is 0.306 e. The van der Waals surface area contributed by atoms with Crippen LogP contribution in [-0.2, 0) is 34.2 Å². The zero-order chi connectivity index (χ0) is 22.1. The first-order chi connectivity index (χ1) is 14.8. The van der Waals surface area contributed by atoms with E-state index in [2.05, 4.69) is 4.98 Å². The van der Waals surface area contributed by atoms with Crippen molar-refractivity contribution in [3.8, 4) is 0 Å². The Morgan fingerprint density at radius 2 is 1.87 bits per heavy atom. The number of fused-ring (bicyclic) bond motifs is 2. The predicted molar refractivity (Wildman–Crippen MR) is 114 cm³/mol. The summed E-state index contributed by atoms with van der Waals surface area (Å²) in [7, 11) is 3.31. The zero-order valence-electron chi connectivity index (χ0n) is 17.3. The van der Waals surface area contributed by atoms with Crippen LogP contribution in [0.15, 0.2) is 47.3 Å². The highest BCUT2D eigenvalue weighted by Crippen LogP contribution is 2.28. The van der Waals surface area contributed by atoms with Gasteiger partial charge >= 0.3 is 5.97 Å². The Balaban J connectivity index is 1.36. The number of ether oxygens (including phenoxy) is 1. The molecule has 1 aromatic heterocycles. The molecule has 0 aliphatic carbocycles. The summed E-state index contributed by atoms with van der Waals surface area (Å²) in [5, 5.41) is 0.518. The molecule has 0 saturated carbocycles. The van der Waals surface area contributed by atoms with Gasteiger partial charge in [-0.1, -0.05) is 12.1 Å². The summed E-state index contributed by atoms with van der Waals surface area (Å²) in [5.74, 6) is -0.441. The summed E-state index contributed by atoms with van der Waals surface area (Å²) in [6.45, 7) is -0.383. The first kappa shape index (κ1) is 20.5. The fourth-order valence-corrected chi connectivity index (χ4v) is 3.65. The first-order valence-electron chi connectivity index (χ1n) is 9.88. The minimum atomic E-state index is -0.549. The first-order valence-corrected chi connectivity index (χ1v) is 9.88. The molecule has 4 rings (SSSR count). The van der Waals surface area contributed by atoms with E-state index in [0.717, 1.165) is 11.3 Å². The van der Waals surface area contributed by atoms with Gasteiger partial charge in [0.25, 0.3) is 5.56 Å². The molecule has 1 amide bonds. The third kappa shape index (κ3) is 3.96. The Kier molecular flexibility index (Phi) is 5.37. The Hall–Kier alpha value is -3.81. The third-order valence-corrected chi connectivity index (χ3v) is 5.47. The highest BCUT2D eigenvalue weighted by molar-refractivity contribution is 6.03. The SMILES string of the molecule is CN1C(=O)Cc2cc(C(=O)COC(=O)CCc3nc4ccccc4c(=O)n3C)ccc21. The Morgan fingerprint density at radius 3 is 2.68 bits per heavy atom. The van der Waals surface area contributed by atoms with Crippen molar-refractivity contribution in [2.45, 2.75) is 19.3 Å². The minimum absolute atomic E-state index is 0.00458. The lowest BCUT2D eigenvalue weighted by Gasteiger charge is -2.11. The number of nitrogens with zero attached hydrogens (tertiary/aromatic N) is 3. The van der Waals surface area contributed by atoms with Gasteiger partial charge in [-0.3, -0.25) is 23.7 Å². The molecule has 8 heteroatoms. The number of esters is 1. The van der Waals surface area contributed by atoms with Gasteiger partial charge in [0.2, 0.25) is 5.91 Å². The molecule has 8 nitrogen and oxygen atoms in total. The number of rotatable bonds is 6. The van der Waals surface area contributed by atoms with Crippen LogP contribution in [0.2, 0.25) is 0 Å². The van der Waals surface area contributed by atoms with Crippen molar-refractivity contribution in [2.24, 2.45) is 7.05 Å². The van der Waals surface area contributed by atoms with E-state index in [-0.39, 0.29) is 43.1 Å². The molecule has 31 heavy (non-hydrogen) atoms. The van der Waals surface area contributed by atoms with Crippen molar-refractivity contribution in [3.05, 3.63) is 69.8 Å². The quantitative estimate of drug-likeness (QED) is 0.446. The summed E-state index contributed by atoms with van der Waals surface area (Å²) in [4.78, 5) is 54.8.